The summed E-state index contributed by atoms with van der Waals surface area (Å²) in [5.41, 5.74) is 0.538. The third-order valence-corrected chi connectivity index (χ3v) is 3.58. The van der Waals surface area contributed by atoms with E-state index in [2.05, 4.69) is 41.5 Å². The quantitative estimate of drug-likeness (QED) is 0.608. The maximum absolute atomic E-state index is 2.43. The first kappa shape index (κ1) is 11.1. The van der Waals surface area contributed by atoms with Gasteiger partial charge < -0.3 is 0 Å². The molecule has 1 aliphatic rings. The summed E-state index contributed by atoms with van der Waals surface area (Å²) in [6.45, 7) is 14.2. The van der Waals surface area contributed by atoms with Crippen molar-refractivity contribution >= 4 is 0 Å². The predicted octanol–water partition coefficient (Wildman–Crippen LogP) is 4.35. The molecule has 0 heteroatoms. The van der Waals surface area contributed by atoms with E-state index in [4.69, 9.17) is 0 Å². The van der Waals surface area contributed by atoms with Gasteiger partial charge in [0.1, 0.15) is 0 Å². The van der Waals surface area contributed by atoms with Crippen LogP contribution in [-0.2, 0) is 0 Å². The van der Waals surface area contributed by atoms with Crippen molar-refractivity contribution in [3.05, 3.63) is 0 Å². The molecule has 1 fully saturated rings. The van der Waals surface area contributed by atoms with Crippen LogP contribution in [-0.4, -0.2) is 0 Å². The second kappa shape index (κ2) is 3.63. The lowest BCUT2D eigenvalue weighted by Gasteiger charge is -2.20. The van der Waals surface area contributed by atoms with Crippen LogP contribution in [0.25, 0.3) is 0 Å². The van der Waals surface area contributed by atoms with Gasteiger partial charge in [0.25, 0.3) is 0 Å². The third-order valence-electron chi connectivity index (χ3n) is 3.58. The van der Waals surface area contributed by atoms with E-state index in [0.29, 0.717) is 5.41 Å². The first-order valence-electron chi connectivity index (χ1n) is 5.81. The smallest absolute Gasteiger partial charge is 0.0355 e. The van der Waals surface area contributed by atoms with Gasteiger partial charge in [0.15, 0.2) is 0 Å². The Morgan fingerprint density at radius 2 is 1.69 bits per heavy atom. The lowest BCUT2D eigenvalue weighted by molar-refractivity contribution is 0.302. The van der Waals surface area contributed by atoms with Crippen LogP contribution >= 0.6 is 0 Å². The topological polar surface area (TPSA) is 0 Å². The van der Waals surface area contributed by atoms with Gasteiger partial charge in [-0.15, -0.1) is 0 Å². The highest BCUT2D eigenvalue weighted by atomic mass is 14.5. The van der Waals surface area contributed by atoms with E-state index in [0.717, 1.165) is 23.7 Å². The molecule has 0 aliphatic heterocycles. The molecule has 3 atom stereocenters. The molecule has 13 heavy (non-hydrogen) atoms. The highest BCUT2D eigenvalue weighted by Gasteiger charge is 2.43. The molecule has 0 amide bonds. The van der Waals surface area contributed by atoms with Crippen LogP contribution in [0.2, 0.25) is 0 Å². The fourth-order valence-corrected chi connectivity index (χ4v) is 2.43. The van der Waals surface area contributed by atoms with Crippen LogP contribution < -0.4 is 0 Å². The van der Waals surface area contributed by atoms with Crippen molar-refractivity contribution < 1.29 is 0 Å². The Morgan fingerprint density at radius 3 is 2.08 bits per heavy atom. The van der Waals surface area contributed by atoms with Crippen molar-refractivity contribution in [1.82, 2.24) is 0 Å². The maximum Gasteiger partial charge on any atom is -0.0355 e. The normalized spacial score (nSPS) is 30.7. The average molecular weight is 182 g/mol. The van der Waals surface area contributed by atoms with Gasteiger partial charge in [-0.3, -0.25) is 0 Å². The van der Waals surface area contributed by atoms with Crippen LogP contribution in [0.4, 0.5) is 0 Å². The van der Waals surface area contributed by atoms with Crippen LogP contribution in [0.3, 0.4) is 0 Å². The summed E-state index contributed by atoms with van der Waals surface area (Å²) in [5.74, 6) is 3.89. The maximum atomic E-state index is 2.43. The highest BCUT2D eigenvalue weighted by molar-refractivity contribution is 4.92. The first-order valence-corrected chi connectivity index (χ1v) is 5.81. The Bertz CT molecular complexity index is 161. The first-order chi connectivity index (χ1) is 5.81. The van der Waals surface area contributed by atoms with Gasteiger partial charge >= 0.3 is 0 Å². The summed E-state index contributed by atoms with van der Waals surface area (Å²) in [6, 6.07) is 0. The molecule has 1 rings (SSSR count). The lowest BCUT2D eigenvalue weighted by Crippen LogP contribution is -2.11. The number of hydrogen-bond acceptors (Lipinski definition) is 0. The zero-order valence-electron chi connectivity index (χ0n) is 10.2. The molecule has 0 bridgehead atoms. The van der Waals surface area contributed by atoms with E-state index in [9.17, 15) is 0 Å². The molecule has 0 aromatic carbocycles. The van der Waals surface area contributed by atoms with Gasteiger partial charge in [-0.2, -0.15) is 0 Å². The molecule has 0 nitrogen and oxygen atoms in total. The average Bonchev–Trinajstić information content (AvgIpc) is 2.62. The molecule has 0 radical (unpaired) electrons. The Kier molecular flexibility index (Phi) is 3.09. The second-order valence-electron chi connectivity index (χ2n) is 6.53. The molecule has 3 unspecified atom stereocenters. The van der Waals surface area contributed by atoms with E-state index >= 15 is 0 Å². The highest BCUT2D eigenvalue weighted by Crippen LogP contribution is 2.51. The third kappa shape index (κ3) is 3.32. The van der Waals surface area contributed by atoms with Crippen molar-refractivity contribution in [2.45, 2.75) is 54.4 Å². The van der Waals surface area contributed by atoms with Crippen LogP contribution in [0.5, 0.6) is 0 Å². The molecule has 1 aliphatic carbocycles. The van der Waals surface area contributed by atoms with Crippen LogP contribution in [0.1, 0.15) is 54.4 Å². The van der Waals surface area contributed by atoms with E-state index in [1.54, 1.807) is 0 Å². The van der Waals surface area contributed by atoms with Crippen molar-refractivity contribution in [1.29, 1.82) is 0 Å². The Labute approximate surface area is 84.1 Å². The summed E-state index contributed by atoms with van der Waals surface area (Å²) in [4.78, 5) is 0. The van der Waals surface area contributed by atoms with Gasteiger partial charge in [0, 0.05) is 0 Å². The number of hydrogen-bond donors (Lipinski definition) is 0. The molecule has 0 aromatic heterocycles. The predicted molar refractivity (Wildman–Crippen MR) is 59.7 cm³/mol. The van der Waals surface area contributed by atoms with E-state index in [1.165, 1.54) is 12.8 Å². The standard InChI is InChI=1S/C13H26/c1-9(2)10(3)12-7-11(12)8-13(4,5)6/h9-12H,7-8H2,1-6H3. The summed E-state index contributed by atoms with van der Waals surface area (Å²) in [6.07, 6.45) is 2.92. The molecule has 0 spiro atoms. The largest absolute Gasteiger partial charge is 0.0625 e. The van der Waals surface area contributed by atoms with Gasteiger partial charge in [-0.05, 0) is 41.9 Å². The summed E-state index contributed by atoms with van der Waals surface area (Å²) < 4.78 is 0. The summed E-state index contributed by atoms with van der Waals surface area (Å²) in [5, 5.41) is 0. The second-order valence-corrected chi connectivity index (χ2v) is 6.53. The zero-order valence-corrected chi connectivity index (χ0v) is 10.2. The van der Waals surface area contributed by atoms with Gasteiger partial charge in [0.2, 0.25) is 0 Å². The van der Waals surface area contributed by atoms with Crippen molar-refractivity contribution in [2.75, 3.05) is 0 Å². The molecule has 0 saturated heterocycles. The van der Waals surface area contributed by atoms with E-state index < -0.39 is 0 Å². The summed E-state index contributed by atoms with van der Waals surface area (Å²) >= 11 is 0. The van der Waals surface area contributed by atoms with Crippen LogP contribution in [0.15, 0.2) is 0 Å². The summed E-state index contributed by atoms with van der Waals surface area (Å²) in [7, 11) is 0. The van der Waals surface area contributed by atoms with Crippen molar-refractivity contribution in [2.24, 2.45) is 29.1 Å². The van der Waals surface area contributed by atoms with E-state index in [-0.39, 0.29) is 0 Å². The molecular weight excluding hydrogens is 156 g/mol. The monoisotopic (exact) mass is 182 g/mol. The van der Waals surface area contributed by atoms with Gasteiger partial charge in [0.05, 0.1) is 0 Å². The minimum atomic E-state index is 0.538. The lowest BCUT2D eigenvalue weighted by atomic mass is 9.86. The minimum absolute atomic E-state index is 0.538. The van der Waals surface area contributed by atoms with Gasteiger partial charge in [-0.1, -0.05) is 41.5 Å². The van der Waals surface area contributed by atoms with Crippen LogP contribution in [0, 0.1) is 29.1 Å². The van der Waals surface area contributed by atoms with Gasteiger partial charge in [-0.25, -0.2) is 0 Å². The Hall–Kier alpha value is 0. The molecule has 0 aromatic rings. The SMILES string of the molecule is CC(C)C(C)C1CC1CC(C)(C)C. The molecule has 0 N–H and O–H groups in total. The molecule has 0 heterocycles. The molecule has 78 valence electrons. The minimum Gasteiger partial charge on any atom is -0.0625 e. The van der Waals surface area contributed by atoms with Crippen molar-refractivity contribution in [3.63, 3.8) is 0 Å². The molecule has 1 saturated carbocycles. The fourth-order valence-electron chi connectivity index (χ4n) is 2.43. The van der Waals surface area contributed by atoms with E-state index in [1.807, 2.05) is 0 Å². The Morgan fingerprint density at radius 1 is 1.15 bits per heavy atom. The number of rotatable bonds is 3. The fraction of sp³-hybridized carbons (Fsp3) is 1.00. The molecular formula is C13H26. The Balaban J connectivity index is 2.30. The van der Waals surface area contributed by atoms with Crippen molar-refractivity contribution in [3.8, 4) is 0 Å². The zero-order chi connectivity index (χ0) is 10.2.